The summed E-state index contributed by atoms with van der Waals surface area (Å²) in [7, 11) is 0. The van der Waals surface area contributed by atoms with E-state index >= 15 is 0 Å². The summed E-state index contributed by atoms with van der Waals surface area (Å²) >= 11 is 0. The third-order valence-electron chi connectivity index (χ3n) is 7.25. The van der Waals surface area contributed by atoms with Gasteiger partial charge in [-0.25, -0.2) is 13.5 Å². The lowest BCUT2D eigenvalue weighted by Gasteiger charge is -2.25. The summed E-state index contributed by atoms with van der Waals surface area (Å²) in [6.45, 7) is 13.0. The van der Waals surface area contributed by atoms with Gasteiger partial charge in [-0.15, -0.1) is 0 Å². The number of nitrogens with zero attached hydrogens (tertiary/aromatic N) is 2. The van der Waals surface area contributed by atoms with Crippen LogP contribution in [0.5, 0.6) is 5.75 Å². The van der Waals surface area contributed by atoms with Gasteiger partial charge in [-0.1, -0.05) is 52.0 Å². The largest absolute Gasteiger partial charge is 0.479 e. The predicted octanol–water partition coefficient (Wildman–Crippen LogP) is 5.81. The van der Waals surface area contributed by atoms with E-state index in [4.69, 9.17) is 9.47 Å². The average Bonchev–Trinajstić information content (AvgIpc) is 2.97. The van der Waals surface area contributed by atoms with Gasteiger partial charge in [-0.05, 0) is 56.7 Å². The molecule has 2 unspecified atom stereocenters. The van der Waals surface area contributed by atoms with Gasteiger partial charge >= 0.3 is 5.97 Å². The van der Waals surface area contributed by atoms with Gasteiger partial charge in [0.1, 0.15) is 24.3 Å². The molecule has 9 nitrogen and oxygen atoms in total. The van der Waals surface area contributed by atoms with Crippen molar-refractivity contribution in [3.63, 3.8) is 0 Å². The number of hydrogen-bond donors (Lipinski definition) is 1. The zero-order valence-electron chi connectivity index (χ0n) is 28.3. The fourth-order valence-electron chi connectivity index (χ4n) is 5.11. The molecular formula is C35H41F4N3O6. The molecule has 13 heteroatoms. The molecule has 2 aromatic carbocycles. The molecular weight excluding hydrogens is 634 g/mol. The lowest BCUT2D eigenvalue weighted by atomic mass is 9.82. The number of ether oxygens (including phenoxy) is 2. The highest BCUT2D eigenvalue weighted by atomic mass is 19.2. The predicted molar refractivity (Wildman–Crippen MR) is 170 cm³/mol. The molecule has 0 bridgehead atoms. The summed E-state index contributed by atoms with van der Waals surface area (Å²) in [4.78, 5) is 53.3. The van der Waals surface area contributed by atoms with Gasteiger partial charge in [-0.2, -0.15) is 13.9 Å². The Bertz CT molecular complexity index is 1720. The van der Waals surface area contributed by atoms with Gasteiger partial charge in [0.05, 0.1) is 12.1 Å². The lowest BCUT2D eigenvalue weighted by Crippen LogP contribution is -2.49. The number of benzene rings is 2. The first kappa shape index (κ1) is 37.9. The second-order valence-corrected chi connectivity index (χ2v) is 13.5. The molecule has 0 saturated carbocycles. The Hall–Kier alpha value is -4.55. The highest BCUT2D eigenvalue weighted by molar-refractivity contribution is 5.94. The van der Waals surface area contributed by atoms with Gasteiger partial charge in [-0.3, -0.25) is 19.2 Å². The third-order valence-corrected chi connectivity index (χ3v) is 7.25. The van der Waals surface area contributed by atoms with Crippen LogP contribution in [0.1, 0.15) is 89.7 Å². The van der Waals surface area contributed by atoms with E-state index in [0.29, 0.717) is 11.3 Å². The van der Waals surface area contributed by atoms with Crippen LogP contribution in [0.3, 0.4) is 0 Å². The minimum absolute atomic E-state index is 0.0220. The van der Waals surface area contributed by atoms with Crippen molar-refractivity contribution in [2.24, 2.45) is 0 Å². The second-order valence-electron chi connectivity index (χ2n) is 13.5. The fraction of sp³-hybridized carbons (Fsp3) is 0.457. The first-order chi connectivity index (χ1) is 22.2. The van der Waals surface area contributed by atoms with Crippen molar-refractivity contribution in [3.05, 3.63) is 92.4 Å². The van der Waals surface area contributed by atoms with E-state index < -0.39 is 82.9 Å². The summed E-state index contributed by atoms with van der Waals surface area (Å²) < 4.78 is 66.8. The molecule has 0 aliphatic heterocycles. The van der Waals surface area contributed by atoms with E-state index in [2.05, 4.69) is 31.2 Å². The molecule has 1 amide bonds. The van der Waals surface area contributed by atoms with Crippen LogP contribution < -0.4 is 15.6 Å². The Balaban J connectivity index is 1.94. The van der Waals surface area contributed by atoms with Crippen LogP contribution in [-0.2, 0) is 31.0 Å². The molecule has 0 aliphatic carbocycles. The van der Waals surface area contributed by atoms with Crippen molar-refractivity contribution in [2.75, 3.05) is 6.61 Å². The van der Waals surface area contributed by atoms with Crippen LogP contribution >= 0.6 is 0 Å². The maximum absolute atomic E-state index is 14.2. The number of aromatic nitrogens is 2. The van der Waals surface area contributed by atoms with E-state index in [-0.39, 0.29) is 24.3 Å². The minimum atomic E-state index is -1.87. The Morgan fingerprint density at radius 1 is 0.938 bits per heavy atom. The van der Waals surface area contributed by atoms with Crippen LogP contribution in [0, 0.1) is 30.2 Å². The second kappa shape index (κ2) is 15.1. The van der Waals surface area contributed by atoms with Gasteiger partial charge in [0.15, 0.2) is 23.2 Å². The van der Waals surface area contributed by atoms with Crippen LogP contribution in [0.25, 0.3) is 0 Å². The van der Waals surface area contributed by atoms with Crippen molar-refractivity contribution in [3.8, 4) is 5.75 Å². The topological polar surface area (TPSA) is 117 Å². The number of carbonyl (C=O) groups is 3. The summed E-state index contributed by atoms with van der Waals surface area (Å²) in [5, 5.41) is 6.71. The standard InChI is InChI=1S/C35H41F4N3O6/c1-9-26(42-33(46)21(14-19(2)41-42)15-20-12-10-11-13-22(20)34(3,4)5)32(45)40-25(17-28(44)48-35(6,7)8)27(43)18-47-31-29(38)23(36)16-24(37)30(31)39/h10-14,16,25-26H,9,15,17-18H2,1-8H3,(H,40,45). The van der Waals surface area contributed by atoms with Crippen LogP contribution in [0.4, 0.5) is 17.6 Å². The normalized spacial score (nSPS) is 13.1. The number of hydrogen-bond acceptors (Lipinski definition) is 7. The van der Waals surface area contributed by atoms with Crippen molar-refractivity contribution in [1.29, 1.82) is 0 Å². The smallest absolute Gasteiger partial charge is 0.308 e. The van der Waals surface area contributed by atoms with Crippen molar-refractivity contribution in [2.45, 2.75) is 97.8 Å². The van der Waals surface area contributed by atoms with Crippen molar-refractivity contribution < 1.29 is 41.4 Å². The van der Waals surface area contributed by atoms with Crippen molar-refractivity contribution >= 4 is 17.7 Å². The van der Waals surface area contributed by atoms with E-state index in [1.807, 2.05) is 24.3 Å². The van der Waals surface area contributed by atoms with Crippen LogP contribution in [0.2, 0.25) is 0 Å². The van der Waals surface area contributed by atoms with Crippen molar-refractivity contribution in [1.82, 2.24) is 15.1 Å². The van der Waals surface area contributed by atoms with Crippen LogP contribution in [-0.4, -0.2) is 45.7 Å². The Kier molecular flexibility index (Phi) is 11.9. The van der Waals surface area contributed by atoms with Gasteiger partial charge < -0.3 is 14.8 Å². The SMILES string of the molecule is CCC(C(=O)NC(CC(=O)OC(C)(C)C)C(=O)COc1c(F)c(F)cc(F)c1F)n1nc(C)cc(Cc2ccccc2C(C)(C)C)c1=O. The number of amides is 1. The molecule has 1 heterocycles. The number of aryl methyl sites for hydroxylation is 1. The number of nitrogens with one attached hydrogen (secondary N) is 1. The van der Waals surface area contributed by atoms with Gasteiger partial charge in [0.2, 0.25) is 17.5 Å². The zero-order chi connectivity index (χ0) is 36.1. The minimum Gasteiger partial charge on any atom is -0.479 e. The molecule has 2 atom stereocenters. The van der Waals surface area contributed by atoms with E-state index in [1.54, 1.807) is 40.7 Å². The summed E-state index contributed by atoms with van der Waals surface area (Å²) in [5.41, 5.74) is 1.08. The molecule has 1 aromatic heterocycles. The zero-order valence-corrected chi connectivity index (χ0v) is 28.3. The highest BCUT2D eigenvalue weighted by Crippen LogP contribution is 2.28. The number of ketones is 1. The average molecular weight is 676 g/mol. The number of Topliss-reactive ketones (excluding diaryl/α,β-unsaturated/α-hetero) is 1. The molecule has 48 heavy (non-hydrogen) atoms. The monoisotopic (exact) mass is 675 g/mol. The molecule has 0 radical (unpaired) electrons. The first-order valence-corrected chi connectivity index (χ1v) is 15.4. The quantitative estimate of drug-likeness (QED) is 0.146. The van der Waals surface area contributed by atoms with Gasteiger partial charge in [0.25, 0.3) is 5.56 Å². The summed E-state index contributed by atoms with van der Waals surface area (Å²) in [5.74, 6) is -11.6. The Morgan fingerprint density at radius 3 is 2.10 bits per heavy atom. The van der Waals surface area contributed by atoms with Crippen LogP contribution in [0.15, 0.2) is 41.2 Å². The molecule has 0 aliphatic rings. The molecule has 0 saturated heterocycles. The number of esters is 1. The van der Waals surface area contributed by atoms with E-state index in [9.17, 15) is 36.7 Å². The summed E-state index contributed by atoms with van der Waals surface area (Å²) in [6.07, 6.45) is -0.420. The number of halogens is 4. The number of rotatable bonds is 12. The maximum Gasteiger partial charge on any atom is 0.308 e. The first-order valence-electron chi connectivity index (χ1n) is 15.4. The Morgan fingerprint density at radius 2 is 1.54 bits per heavy atom. The van der Waals surface area contributed by atoms with E-state index in [1.165, 1.54) is 0 Å². The maximum atomic E-state index is 14.2. The molecule has 3 rings (SSSR count). The molecule has 260 valence electrons. The highest BCUT2D eigenvalue weighted by Gasteiger charge is 2.32. The number of carbonyl (C=O) groups excluding carboxylic acids is 3. The lowest BCUT2D eigenvalue weighted by molar-refractivity contribution is -0.156. The third kappa shape index (κ3) is 9.51. The molecule has 0 spiro atoms. The molecule has 3 aromatic rings. The molecule has 0 fully saturated rings. The Labute approximate surface area is 276 Å². The fourth-order valence-corrected chi connectivity index (χ4v) is 5.11. The van der Waals surface area contributed by atoms with E-state index in [0.717, 1.165) is 15.8 Å². The van der Waals surface area contributed by atoms with Gasteiger partial charge in [0, 0.05) is 18.1 Å². The summed E-state index contributed by atoms with van der Waals surface area (Å²) in [6, 6.07) is 6.41. The molecule has 1 N–H and O–H groups in total.